The fourth-order valence-electron chi connectivity index (χ4n) is 1.90. The van der Waals surface area contributed by atoms with Crippen molar-refractivity contribution in [1.29, 1.82) is 0 Å². The summed E-state index contributed by atoms with van der Waals surface area (Å²) in [6.45, 7) is 1.39. The SMILES string of the molecule is O=C(O)c1ccc(Cl)c(NC(=O)N2CCCSCC2)c1. The van der Waals surface area contributed by atoms with E-state index < -0.39 is 5.97 Å². The number of aromatic carboxylic acids is 1. The average molecular weight is 315 g/mol. The molecule has 1 aliphatic rings. The largest absolute Gasteiger partial charge is 0.478 e. The summed E-state index contributed by atoms with van der Waals surface area (Å²) < 4.78 is 0. The van der Waals surface area contributed by atoms with Crippen LogP contribution in [0, 0.1) is 0 Å². The van der Waals surface area contributed by atoms with E-state index in [0.29, 0.717) is 23.8 Å². The summed E-state index contributed by atoms with van der Waals surface area (Å²) in [4.78, 5) is 24.8. The standard InChI is InChI=1S/C13H15ClN2O3S/c14-10-3-2-9(12(17)18)8-11(10)15-13(19)16-4-1-6-20-7-5-16/h2-3,8H,1,4-7H2,(H,15,19)(H,17,18). The number of hydrogen-bond donors (Lipinski definition) is 2. The Morgan fingerprint density at radius 1 is 1.30 bits per heavy atom. The van der Waals surface area contributed by atoms with Gasteiger partial charge >= 0.3 is 12.0 Å². The second-order valence-electron chi connectivity index (χ2n) is 4.38. The highest BCUT2D eigenvalue weighted by atomic mass is 35.5. The molecule has 1 saturated heterocycles. The predicted octanol–water partition coefficient (Wildman–Crippen LogP) is 3.01. The van der Waals surface area contributed by atoms with E-state index in [2.05, 4.69) is 5.32 Å². The van der Waals surface area contributed by atoms with E-state index in [1.165, 1.54) is 18.2 Å². The third-order valence-corrected chi connectivity index (χ3v) is 4.34. The molecule has 7 heteroatoms. The first-order chi connectivity index (χ1) is 9.58. The van der Waals surface area contributed by atoms with Gasteiger partial charge in [0.25, 0.3) is 0 Å². The molecule has 0 aromatic heterocycles. The topological polar surface area (TPSA) is 69.6 Å². The average Bonchev–Trinajstić information content (AvgIpc) is 2.70. The van der Waals surface area contributed by atoms with Gasteiger partial charge in [0.1, 0.15) is 0 Å². The lowest BCUT2D eigenvalue weighted by Crippen LogP contribution is -2.36. The monoisotopic (exact) mass is 314 g/mol. The van der Waals surface area contributed by atoms with Crippen LogP contribution in [-0.4, -0.2) is 46.6 Å². The van der Waals surface area contributed by atoms with Gasteiger partial charge in [0.05, 0.1) is 16.3 Å². The van der Waals surface area contributed by atoms with Crippen LogP contribution < -0.4 is 5.32 Å². The van der Waals surface area contributed by atoms with Crippen molar-refractivity contribution in [2.45, 2.75) is 6.42 Å². The summed E-state index contributed by atoms with van der Waals surface area (Å²) in [7, 11) is 0. The van der Waals surface area contributed by atoms with Crippen molar-refractivity contribution >= 4 is 41.1 Å². The van der Waals surface area contributed by atoms with E-state index in [1.807, 2.05) is 11.8 Å². The second kappa shape index (κ2) is 6.85. The Morgan fingerprint density at radius 2 is 2.10 bits per heavy atom. The van der Waals surface area contributed by atoms with Crippen LogP contribution in [-0.2, 0) is 0 Å². The highest BCUT2D eigenvalue weighted by Gasteiger charge is 2.17. The molecule has 2 amide bonds. The van der Waals surface area contributed by atoms with Crippen molar-refractivity contribution in [3.8, 4) is 0 Å². The summed E-state index contributed by atoms with van der Waals surface area (Å²) in [5, 5.41) is 12.0. The first-order valence-corrected chi connectivity index (χ1v) is 7.77. The van der Waals surface area contributed by atoms with Crippen LogP contribution >= 0.6 is 23.4 Å². The lowest BCUT2D eigenvalue weighted by Gasteiger charge is -2.21. The van der Waals surface area contributed by atoms with Gasteiger partial charge in [-0.1, -0.05) is 11.6 Å². The van der Waals surface area contributed by atoms with Crippen LogP contribution in [0.15, 0.2) is 18.2 Å². The summed E-state index contributed by atoms with van der Waals surface area (Å²) in [5.41, 5.74) is 0.421. The number of carbonyl (C=O) groups excluding carboxylic acids is 1. The van der Waals surface area contributed by atoms with Crippen LogP contribution in [0.5, 0.6) is 0 Å². The normalized spacial score (nSPS) is 15.6. The highest BCUT2D eigenvalue weighted by molar-refractivity contribution is 7.99. The van der Waals surface area contributed by atoms with E-state index >= 15 is 0 Å². The number of thioether (sulfide) groups is 1. The molecule has 20 heavy (non-hydrogen) atoms. The maximum atomic E-state index is 12.2. The van der Waals surface area contributed by atoms with Crippen LogP contribution in [0.25, 0.3) is 0 Å². The van der Waals surface area contributed by atoms with Crippen molar-refractivity contribution in [2.24, 2.45) is 0 Å². The number of hydrogen-bond acceptors (Lipinski definition) is 3. The molecule has 108 valence electrons. The Morgan fingerprint density at radius 3 is 2.85 bits per heavy atom. The molecule has 0 bridgehead atoms. The van der Waals surface area contributed by atoms with Crippen molar-refractivity contribution in [3.63, 3.8) is 0 Å². The van der Waals surface area contributed by atoms with Crippen molar-refractivity contribution in [2.75, 3.05) is 29.9 Å². The number of anilines is 1. The van der Waals surface area contributed by atoms with Gasteiger partial charge in [-0.05, 0) is 30.4 Å². The van der Waals surface area contributed by atoms with E-state index in [9.17, 15) is 9.59 Å². The van der Waals surface area contributed by atoms with Crippen LogP contribution in [0.4, 0.5) is 10.5 Å². The third-order valence-electron chi connectivity index (χ3n) is 2.96. The number of rotatable bonds is 2. The number of carbonyl (C=O) groups is 2. The molecule has 0 atom stereocenters. The number of amides is 2. The van der Waals surface area contributed by atoms with Crippen LogP contribution in [0.1, 0.15) is 16.8 Å². The molecule has 2 rings (SSSR count). The van der Waals surface area contributed by atoms with Gasteiger partial charge in [-0.25, -0.2) is 9.59 Å². The lowest BCUT2D eigenvalue weighted by molar-refractivity contribution is 0.0697. The molecular weight excluding hydrogens is 300 g/mol. The first kappa shape index (κ1) is 15.0. The number of nitrogens with zero attached hydrogens (tertiary/aromatic N) is 1. The summed E-state index contributed by atoms with van der Waals surface area (Å²) in [6.07, 6.45) is 0.959. The molecule has 0 aliphatic carbocycles. The Bertz CT molecular complexity index is 516. The Hall–Kier alpha value is -1.40. The van der Waals surface area contributed by atoms with E-state index in [-0.39, 0.29) is 11.6 Å². The van der Waals surface area contributed by atoms with Gasteiger partial charge in [0.15, 0.2) is 0 Å². The predicted molar refractivity (Wildman–Crippen MR) is 80.9 cm³/mol. The minimum Gasteiger partial charge on any atom is -0.478 e. The Kier molecular flexibility index (Phi) is 5.14. The van der Waals surface area contributed by atoms with E-state index in [4.69, 9.17) is 16.7 Å². The molecule has 1 aliphatic heterocycles. The lowest BCUT2D eigenvalue weighted by atomic mass is 10.2. The maximum Gasteiger partial charge on any atom is 0.335 e. The molecule has 0 spiro atoms. The minimum absolute atomic E-state index is 0.0936. The molecule has 0 radical (unpaired) electrons. The molecule has 1 heterocycles. The number of nitrogens with one attached hydrogen (secondary N) is 1. The molecule has 1 aromatic rings. The number of halogens is 1. The summed E-state index contributed by atoms with van der Waals surface area (Å²) >= 11 is 7.81. The van der Waals surface area contributed by atoms with Crippen LogP contribution in [0.2, 0.25) is 5.02 Å². The van der Waals surface area contributed by atoms with Gasteiger partial charge in [0.2, 0.25) is 0 Å². The van der Waals surface area contributed by atoms with E-state index in [1.54, 1.807) is 4.90 Å². The number of benzene rings is 1. The third kappa shape index (κ3) is 3.80. The zero-order valence-electron chi connectivity index (χ0n) is 10.8. The first-order valence-electron chi connectivity index (χ1n) is 6.24. The number of carboxylic acid groups (broad SMARTS) is 1. The zero-order chi connectivity index (χ0) is 14.5. The summed E-state index contributed by atoms with van der Waals surface area (Å²) in [6, 6.07) is 4.01. The van der Waals surface area contributed by atoms with Crippen LogP contribution in [0.3, 0.4) is 0 Å². The quantitative estimate of drug-likeness (QED) is 0.880. The van der Waals surface area contributed by atoms with Gasteiger partial charge in [0, 0.05) is 18.8 Å². The molecular formula is C13H15ClN2O3S. The smallest absolute Gasteiger partial charge is 0.335 e. The Labute approximate surface area is 126 Å². The van der Waals surface area contributed by atoms with Crippen molar-refractivity contribution in [3.05, 3.63) is 28.8 Å². The molecule has 1 fully saturated rings. The summed E-state index contributed by atoms with van der Waals surface area (Å²) in [5.74, 6) is 0.915. The maximum absolute atomic E-state index is 12.2. The molecule has 5 nitrogen and oxygen atoms in total. The van der Waals surface area contributed by atoms with Gasteiger partial charge < -0.3 is 15.3 Å². The molecule has 0 unspecified atom stereocenters. The number of urea groups is 1. The molecule has 2 N–H and O–H groups in total. The Balaban J connectivity index is 2.10. The highest BCUT2D eigenvalue weighted by Crippen LogP contribution is 2.24. The van der Waals surface area contributed by atoms with Gasteiger partial charge in [-0.15, -0.1) is 0 Å². The molecule has 0 saturated carbocycles. The number of carboxylic acids is 1. The van der Waals surface area contributed by atoms with E-state index in [0.717, 1.165) is 17.9 Å². The minimum atomic E-state index is -1.05. The second-order valence-corrected chi connectivity index (χ2v) is 6.01. The van der Waals surface area contributed by atoms with Crippen molar-refractivity contribution < 1.29 is 14.7 Å². The zero-order valence-corrected chi connectivity index (χ0v) is 12.3. The van der Waals surface area contributed by atoms with Crippen molar-refractivity contribution in [1.82, 2.24) is 4.90 Å². The fourth-order valence-corrected chi connectivity index (χ4v) is 2.95. The van der Waals surface area contributed by atoms with Gasteiger partial charge in [-0.3, -0.25) is 0 Å². The fraction of sp³-hybridized carbons (Fsp3) is 0.385. The van der Waals surface area contributed by atoms with Gasteiger partial charge in [-0.2, -0.15) is 11.8 Å². The molecule has 1 aromatic carbocycles.